The summed E-state index contributed by atoms with van der Waals surface area (Å²) < 4.78 is 2.38. The molecule has 2 aromatic carbocycles. The molecule has 0 aliphatic carbocycles. The van der Waals surface area contributed by atoms with E-state index < -0.39 is 0 Å². The third-order valence-corrected chi connectivity index (χ3v) is 6.11. The highest BCUT2D eigenvalue weighted by Gasteiger charge is 2.41. The SMILES string of the molecule is CCc1ccccc1N1CCC2(CC1)Nc1ccccc1-n1cccc12. The molecule has 1 N–H and O–H groups in total. The fourth-order valence-corrected chi connectivity index (χ4v) is 4.72. The molecule has 0 saturated carbocycles. The Bertz CT molecular complexity index is 932. The van der Waals surface area contributed by atoms with Crippen LogP contribution in [-0.4, -0.2) is 17.7 Å². The standard InChI is InChI=1S/C23H25N3/c1-2-18-8-3-5-10-20(18)25-16-13-23(14-17-25)22-12-7-15-26(22)21-11-6-4-9-19(21)24-23/h3-12,15,24H,2,13-14,16-17H2,1H3. The fourth-order valence-electron chi connectivity index (χ4n) is 4.72. The quantitative estimate of drug-likeness (QED) is 0.709. The number of hydrogen-bond donors (Lipinski definition) is 1. The monoisotopic (exact) mass is 343 g/mol. The Morgan fingerprint density at radius 1 is 0.885 bits per heavy atom. The number of rotatable bonds is 2. The lowest BCUT2D eigenvalue weighted by molar-refractivity contribution is 0.356. The lowest BCUT2D eigenvalue weighted by Gasteiger charge is -2.47. The molecule has 3 nitrogen and oxygen atoms in total. The Morgan fingerprint density at radius 2 is 1.62 bits per heavy atom. The Hall–Kier alpha value is -2.68. The van der Waals surface area contributed by atoms with Crippen LogP contribution in [0.5, 0.6) is 0 Å². The maximum atomic E-state index is 3.91. The van der Waals surface area contributed by atoms with Gasteiger partial charge in [0.25, 0.3) is 0 Å². The predicted molar refractivity (Wildman–Crippen MR) is 108 cm³/mol. The van der Waals surface area contributed by atoms with E-state index in [0.29, 0.717) is 0 Å². The first-order valence-electron chi connectivity index (χ1n) is 9.69. The van der Waals surface area contributed by atoms with Crippen LogP contribution in [0.4, 0.5) is 11.4 Å². The van der Waals surface area contributed by atoms with Gasteiger partial charge in [0.2, 0.25) is 0 Å². The predicted octanol–water partition coefficient (Wildman–Crippen LogP) is 4.96. The molecule has 0 radical (unpaired) electrons. The van der Waals surface area contributed by atoms with Crippen LogP contribution in [0, 0.1) is 0 Å². The van der Waals surface area contributed by atoms with Crippen molar-refractivity contribution in [1.82, 2.24) is 4.57 Å². The van der Waals surface area contributed by atoms with Gasteiger partial charge in [0, 0.05) is 30.7 Å². The fraction of sp³-hybridized carbons (Fsp3) is 0.304. The average Bonchev–Trinajstić information content (AvgIpc) is 3.20. The average molecular weight is 343 g/mol. The minimum absolute atomic E-state index is 0.0372. The molecule has 3 heteroatoms. The zero-order chi connectivity index (χ0) is 17.6. The first-order valence-corrected chi connectivity index (χ1v) is 9.69. The third kappa shape index (κ3) is 2.27. The topological polar surface area (TPSA) is 20.2 Å². The van der Waals surface area contributed by atoms with Crippen molar-refractivity contribution in [3.8, 4) is 5.69 Å². The summed E-state index contributed by atoms with van der Waals surface area (Å²) in [5.41, 5.74) is 6.82. The molecule has 26 heavy (non-hydrogen) atoms. The van der Waals surface area contributed by atoms with Crippen molar-refractivity contribution in [3.63, 3.8) is 0 Å². The lowest BCUT2D eigenvalue weighted by Crippen LogP contribution is -2.49. The number of benzene rings is 2. The molecular formula is C23H25N3. The molecule has 0 amide bonds. The molecule has 5 rings (SSSR count). The van der Waals surface area contributed by atoms with Gasteiger partial charge in [-0.05, 0) is 55.2 Å². The van der Waals surface area contributed by atoms with Crippen LogP contribution in [0.25, 0.3) is 5.69 Å². The highest BCUT2D eigenvalue weighted by Crippen LogP contribution is 2.44. The van der Waals surface area contributed by atoms with Crippen LogP contribution in [0.1, 0.15) is 31.0 Å². The molecule has 0 unspecified atom stereocenters. The molecule has 2 aliphatic rings. The number of aryl methyl sites for hydroxylation is 1. The smallest absolute Gasteiger partial charge is 0.0813 e. The molecule has 2 aliphatic heterocycles. The minimum atomic E-state index is 0.0372. The highest BCUT2D eigenvalue weighted by atomic mass is 15.2. The summed E-state index contributed by atoms with van der Waals surface area (Å²) in [6, 6.07) is 22.0. The minimum Gasteiger partial charge on any atom is -0.372 e. The third-order valence-electron chi connectivity index (χ3n) is 6.11. The van der Waals surface area contributed by atoms with E-state index in [2.05, 4.69) is 88.6 Å². The van der Waals surface area contributed by atoms with Crippen LogP contribution < -0.4 is 10.2 Å². The van der Waals surface area contributed by atoms with Gasteiger partial charge in [0.15, 0.2) is 0 Å². The Kier molecular flexibility index (Phi) is 3.56. The largest absolute Gasteiger partial charge is 0.372 e. The second-order valence-electron chi connectivity index (χ2n) is 7.46. The van der Waals surface area contributed by atoms with Crippen LogP contribution in [0.2, 0.25) is 0 Å². The number of anilines is 2. The zero-order valence-electron chi connectivity index (χ0n) is 15.3. The summed E-state index contributed by atoms with van der Waals surface area (Å²) in [7, 11) is 0. The van der Waals surface area contributed by atoms with E-state index in [-0.39, 0.29) is 5.54 Å². The van der Waals surface area contributed by atoms with Gasteiger partial charge < -0.3 is 14.8 Å². The van der Waals surface area contributed by atoms with E-state index in [1.165, 1.54) is 28.3 Å². The molecule has 3 aromatic rings. The number of nitrogens with one attached hydrogen (secondary N) is 1. The molecule has 3 heterocycles. The van der Waals surface area contributed by atoms with E-state index in [1.54, 1.807) is 0 Å². The molecular weight excluding hydrogens is 318 g/mol. The van der Waals surface area contributed by atoms with Gasteiger partial charge in [-0.3, -0.25) is 0 Å². The van der Waals surface area contributed by atoms with Crippen molar-refractivity contribution in [2.45, 2.75) is 31.7 Å². The number of para-hydroxylation sites is 3. The number of fused-ring (bicyclic) bond motifs is 4. The van der Waals surface area contributed by atoms with Crippen LogP contribution >= 0.6 is 0 Å². The first kappa shape index (κ1) is 15.6. The molecule has 1 fully saturated rings. The molecule has 0 bridgehead atoms. The first-order chi connectivity index (χ1) is 12.8. The van der Waals surface area contributed by atoms with Gasteiger partial charge in [-0.15, -0.1) is 0 Å². The van der Waals surface area contributed by atoms with Crippen LogP contribution in [-0.2, 0) is 12.0 Å². The number of aromatic nitrogens is 1. The highest BCUT2D eigenvalue weighted by molar-refractivity contribution is 5.67. The van der Waals surface area contributed by atoms with Gasteiger partial charge >= 0.3 is 0 Å². The summed E-state index contributed by atoms with van der Waals surface area (Å²) in [6.45, 7) is 4.41. The van der Waals surface area contributed by atoms with Gasteiger partial charge in [-0.25, -0.2) is 0 Å². The molecule has 1 saturated heterocycles. The van der Waals surface area contributed by atoms with Crippen molar-refractivity contribution >= 4 is 11.4 Å². The Morgan fingerprint density at radius 3 is 2.42 bits per heavy atom. The van der Waals surface area contributed by atoms with Crippen molar-refractivity contribution < 1.29 is 0 Å². The summed E-state index contributed by atoms with van der Waals surface area (Å²) >= 11 is 0. The summed E-state index contributed by atoms with van der Waals surface area (Å²) in [6.07, 6.45) is 5.52. The molecule has 0 atom stereocenters. The second-order valence-corrected chi connectivity index (χ2v) is 7.46. The van der Waals surface area contributed by atoms with Crippen molar-refractivity contribution in [2.75, 3.05) is 23.3 Å². The lowest BCUT2D eigenvalue weighted by atomic mass is 9.82. The van der Waals surface area contributed by atoms with Gasteiger partial charge in [-0.2, -0.15) is 0 Å². The Balaban J connectivity index is 1.47. The van der Waals surface area contributed by atoms with Crippen LogP contribution in [0.15, 0.2) is 66.9 Å². The van der Waals surface area contributed by atoms with Crippen LogP contribution in [0.3, 0.4) is 0 Å². The molecule has 1 aromatic heterocycles. The summed E-state index contributed by atoms with van der Waals surface area (Å²) in [4.78, 5) is 2.57. The van der Waals surface area contributed by atoms with E-state index in [0.717, 1.165) is 32.4 Å². The van der Waals surface area contributed by atoms with Gasteiger partial charge in [0.05, 0.1) is 16.9 Å². The van der Waals surface area contributed by atoms with Gasteiger partial charge in [-0.1, -0.05) is 37.3 Å². The Labute approximate surface area is 155 Å². The zero-order valence-corrected chi connectivity index (χ0v) is 15.3. The van der Waals surface area contributed by atoms with E-state index in [4.69, 9.17) is 0 Å². The van der Waals surface area contributed by atoms with E-state index in [1.807, 2.05) is 0 Å². The van der Waals surface area contributed by atoms with E-state index >= 15 is 0 Å². The van der Waals surface area contributed by atoms with Crippen molar-refractivity contribution in [2.24, 2.45) is 0 Å². The summed E-state index contributed by atoms with van der Waals surface area (Å²) in [5.74, 6) is 0. The van der Waals surface area contributed by atoms with Crippen molar-refractivity contribution in [1.29, 1.82) is 0 Å². The van der Waals surface area contributed by atoms with Gasteiger partial charge in [0.1, 0.15) is 0 Å². The van der Waals surface area contributed by atoms with E-state index in [9.17, 15) is 0 Å². The van der Waals surface area contributed by atoms with Crippen molar-refractivity contribution in [3.05, 3.63) is 78.1 Å². The second kappa shape index (κ2) is 5.94. The number of nitrogens with zero attached hydrogens (tertiary/aromatic N) is 2. The number of hydrogen-bond acceptors (Lipinski definition) is 2. The number of piperidine rings is 1. The normalized spacial score (nSPS) is 17.5. The summed E-state index contributed by atoms with van der Waals surface area (Å²) in [5, 5.41) is 3.91. The maximum Gasteiger partial charge on any atom is 0.0813 e. The molecule has 132 valence electrons. The maximum absolute atomic E-state index is 3.91. The molecule has 1 spiro atoms.